The molecule has 0 spiro atoms. The van der Waals surface area contributed by atoms with E-state index < -0.39 is 0 Å². The third-order valence-electron chi connectivity index (χ3n) is 3.46. The van der Waals surface area contributed by atoms with Gasteiger partial charge in [-0.15, -0.1) is 0 Å². The van der Waals surface area contributed by atoms with Crippen molar-refractivity contribution in [2.24, 2.45) is 0 Å². The number of hydrogen-bond acceptors (Lipinski definition) is 3. The SMILES string of the molecule is CCN(CC)CCCC(C)Nc1ccccc1C#N. The normalized spacial score (nSPS) is 12.2. The highest BCUT2D eigenvalue weighted by Crippen LogP contribution is 2.16. The number of nitriles is 1. The van der Waals surface area contributed by atoms with Gasteiger partial charge in [-0.05, 0) is 51.5 Å². The van der Waals surface area contributed by atoms with Crippen LogP contribution in [0.2, 0.25) is 0 Å². The molecule has 1 aromatic carbocycles. The van der Waals surface area contributed by atoms with E-state index >= 15 is 0 Å². The predicted molar refractivity (Wildman–Crippen MR) is 81.3 cm³/mol. The van der Waals surface area contributed by atoms with E-state index in [4.69, 9.17) is 5.26 Å². The summed E-state index contributed by atoms with van der Waals surface area (Å²) in [6.07, 6.45) is 2.31. The maximum absolute atomic E-state index is 9.05. The first-order chi connectivity index (χ1) is 9.21. The largest absolute Gasteiger partial charge is 0.382 e. The highest BCUT2D eigenvalue weighted by atomic mass is 15.1. The quantitative estimate of drug-likeness (QED) is 0.777. The number of rotatable bonds is 8. The lowest BCUT2D eigenvalue weighted by atomic mass is 10.1. The van der Waals surface area contributed by atoms with Crippen LogP contribution in [0.4, 0.5) is 5.69 Å². The molecule has 1 aromatic rings. The molecule has 0 fully saturated rings. The van der Waals surface area contributed by atoms with Crippen molar-refractivity contribution in [3.8, 4) is 6.07 Å². The molecule has 0 aliphatic rings. The fraction of sp³-hybridized carbons (Fsp3) is 0.562. The Morgan fingerprint density at radius 2 is 1.95 bits per heavy atom. The third kappa shape index (κ3) is 5.32. The van der Waals surface area contributed by atoms with Gasteiger partial charge in [-0.2, -0.15) is 5.26 Å². The van der Waals surface area contributed by atoms with Crippen molar-refractivity contribution in [2.45, 2.75) is 39.7 Å². The molecule has 3 nitrogen and oxygen atoms in total. The summed E-state index contributed by atoms with van der Waals surface area (Å²) in [4.78, 5) is 2.44. The third-order valence-corrected chi connectivity index (χ3v) is 3.46. The van der Waals surface area contributed by atoms with Crippen LogP contribution in [0, 0.1) is 11.3 Å². The molecule has 1 atom stereocenters. The Balaban J connectivity index is 2.39. The van der Waals surface area contributed by atoms with Gasteiger partial charge in [0.05, 0.1) is 11.3 Å². The summed E-state index contributed by atoms with van der Waals surface area (Å²) >= 11 is 0. The smallest absolute Gasteiger partial charge is 0.101 e. The van der Waals surface area contributed by atoms with Crippen molar-refractivity contribution in [2.75, 3.05) is 25.0 Å². The van der Waals surface area contributed by atoms with Crippen molar-refractivity contribution in [3.63, 3.8) is 0 Å². The van der Waals surface area contributed by atoms with E-state index in [0.29, 0.717) is 6.04 Å². The van der Waals surface area contributed by atoms with Crippen molar-refractivity contribution in [1.82, 2.24) is 4.90 Å². The molecule has 0 saturated heterocycles. The van der Waals surface area contributed by atoms with Gasteiger partial charge in [-0.25, -0.2) is 0 Å². The standard InChI is InChI=1S/C16H25N3/c1-4-19(5-2)12-8-9-14(3)18-16-11-7-6-10-15(16)13-17/h6-7,10-11,14,18H,4-5,8-9,12H2,1-3H3. The van der Waals surface area contributed by atoms with Crippen LogP contribution in [-0.2, 0) is 0 Å². The molecule has 1 rings (SSSR count). The first-order valence-electron chi connectivity index (χ1n) is 7.19. The van der Waals surface area contributed by atoms with E-state index in [2.05, 4.69) is 37.1 Å². The Kier molecular flexibility index (Phi) is 6.99. The molecule has 0 radical (unpaired) electrons. The Hall–Kier alpha value is -1.53. The molecule has 3 heteroatoms. The van der Waals surface area contributed by atoms with Gasteiger partial charge in [0.15, 0.2) is 0 Å². The van der Waals surface area contributed by atoms with E-state index in [1.807, 2.05) is 24.3 Å². The second kappa shape index (κ2) is 8.55. The summed E-state index contributed by atoms with van der Waals surface area (Å²) in [5, 5.41) is 12.5. The first kappa shape index (κ1) is 15.5. The lowest BCUT2D eigenvalue weighted by Crippen LogP contribution is -2.25. The topological polar surface area (TPSA) is 39.1 Å². The maximum Gasteiger partial charge on any atom is 0.101 e. The average Bonchev–Trinajstić information content (AvgIpc) is 2.44. The zero-order valence-electron chi connectivity index (χ0n) is 12.3. The highest BCUT2D eigenvalue weighted by Gasteiger charge is 2.06. The van der Waals surface area contributed by atoms with Crippen molar-refractivity contribution < 1.29 is 0 Å². The molecule has 104 valence electrons. The van der Waals surface area contributed by atoms with E-state index in [-0.39, 0.29) is 0 Å². The summed E-state index contributed by atoms with van der Waals surface area (Å²) in [6, 6.07) is 10.3. The average molecular weight is 259 g/mol. The Morgan fingerprint density at radius 1 is 1.26 bits per heavy atom. The molecule has 1 N–H and O–H groups in total. The van der Waals surface area contributed by atoms with Gasteiger partial charge in [0, 0.05) is 6.04 Å². The summed E-state index contributed by atoms with van der Waals surface area (Å²) in [6.45, 7) is 9.98. The molecule has 0 bridgehead atoms. The fourth-order valence-corrected chi connectivity index (χ4v) is 2.21. The van der Waals surface area contributed by atoms with Gasteiger partial charge < -0.3 is 10.2 Å². The van der Waals surface area contributed by atoms with Crippen LogP contribution >= 0.6 is 0 Å². The molecule has 0 heterocycles. The van der Waals surface area contributed by atoms with Crippen LogP contribution in [0.5, 0.6) is 0 Å². The van der Waals surface area contributed by atoms with Gasteiger partial charge in [-0.1, -0.05) is 26.0 Å². The molecular weight excluding hydrogens is 234 g/mol. The van der Waals surface area contributed by atoms with Crippen LogP contribution in [-0.4, -0.2) is 30.6 Å². The van der Waals surface area contributed by atoms with Gasteiger partial charge >= 0.3 is 0 Å². The van der Waals surface area contributed by atoms with E-state index in [9.17, 15) is 0 Å². The molecular formula is C16H25N3. The zero-order chi connectivity index (χ0) is 14.1. The molecule has 0 aliphatic carbocycles. The zero-order valence-corrected chi connectivity index (χ0v) is 12.3. The number of benzene rings is 1. The van der Waals surface area contributed by atoms with E-state index in [1.165, 1.54) is 6.42 Å². The monoisotopic (exact) mass is 259 g/mol. The Morgan fingerprint density at radius 3 is 2.58 bits per heavy atom. The summed E-state index contributed by atoms with van der Waals surface area (Å²) in [7, 11) is 0. The molecule has 0 amide bonds. The van der Waals surface area contributed by atoms with Crippen molar-refractivity contribution in [1.29, 1.82) is 5.26 Å². The number of anilines is 1. The minimum absolute atomic E-state index is 0.394. The lowest BCUT2D eigenvalue weighted by molar-refractivity contribution is 0.295. The molecule has 0 aromatic heterocycles. The van der Waals surface area contributed by atoms with Crippen LogP contribution in [0.1, 0.15) is 39.2 Å². The van der Waals surface area contributed by atoms with Crippen LogP contribution in [0.3, 0.4) is 0 Å². The molecule has 1 unspecified atom stereocenters. The summed E-state index contributed by atoms with van der Waals surface area (Å²) < 4.78 is 0. The van der Waals surface area contributed by atoms with Gasteiger partial charge in [-0.3, -0.25) is 0 Å². The minimum Gasteiger partial charge on any atom is -0.382 e. The number of nitrogens with one attached hydrogen (secondary N) is 1. The van der Waals surface area contributed by atoms with Crippen molar-refractivity contribution in [3.05, 3.63) is 29.8 Å². The van der Waals surface area contributed by atoms with Gasteiger partial charge in [0.1, 0.15) is 6.07 Å². The Labute approximate surface area is 117 Å². The van der Waals surface area contributed by atoms with Crippen LogP contribution in [0.15, 0.2) is 24.3 Å². The summed E-state index contributed by atoms with van der Waals surface area (Å²) in [5.74, 6) is 0. The number of para-hydroxylation sites is 1. The lowest BCUT2D eigenvalue weighted by Gasteiger charge is -2.20. The highest BCUT2D eigenvalue weighted by molar-refractivity contribution is 5.57. The van der Waals surface area contributed by atoms with E-state index in [0.717, 1.165) is 37.3 Å². The predicted octanol–water partition coefficient (Wildman–Crippen LogP) is 3.48. The molecule has 0 aliphatic heterocycles. The minimum atomic E-state index is 0.394. The van der Waals surface area contributed by atoms with Crippen LogP contribution < -0.4 is 5.32 Å². The molecule has 0 saturated carbocycles. The second-order valence-corrected chi connectivity index (χ2v) is 4.87. The first-order valence-corrected chi connectivity index (χ1v) is 7.19. The number of nitrogens with zero attached hydrogens (tertiary/aromatic N) is 2. The van der Waals surface area contributed by atoms with Crippen LogP contribution in [0.25, 0.3) is 0 Å². The number of hydrogen-bond donors (Lipinski definition) is 1. The fourth-order valence-electron chi connectivity index (χ4n) is 2.21. The maximum atomic E-state index is 9.05. The van der Waals surface area contributed by atoms with Gasteiger partial charge in [0.25, 0.3) is 0 Å². The molecule has 19 heavy (non-hydrogen) atoms. The Bertz CT molecular complexity index is 405. The second-order valence-electron chi connectivity index (χ2n) is 4.87. The van der Waals surface area contributed by atoms with Crippen molar-refractivity contribution >= 4 is 5.69 Å². The van der Waals surface area contributed by atoms with Gasteiger partial charge in [0.2, 0.25) is 0 Å². The van der Waals surface area contributed by atoms with E-state index in [1.54, 1.807) is 0 Å². The summed E-state index contributed by atoms with van der Waals surface area (Å²) in [5.41, 5.74) is 1.67.